The molecule has 3 heterocycles. The average molecular weight is 306 g/mol. The van der Waals surface area contributed by atoms with E-state index in [0.717, 1.165) is 54.5 Å². The van der Waals surface area contributed by atoms with Crippen LogP contribution in [0.1, 0.15) is 24.6 Å². The Morgan fingerprint density at radius 2 is 2.33 bits per heavy atom. The number of nitrogens with one attached hydrogen (secondary N) is 1. The van der Waals surface area contributed by atoms with Crippen LogP contribution in [0.3, 0.4) is 0 Å². The van der Waals surface area contributed by atoms with Gasteiger partial charge in [0.05, 0.1) is 11.5 Å². The minimum absolute atomic E-state index is 0.307. The highest BCUT2D eigenvalue weighted by molar-refractivity contribution is 7.18. The lowest BCUT2D eigenvalue weighted by atomic mass is 10.3. The number of aromatic nitrogens is 2. The highest BCUT2D eigenvalue weighted by atomic mass is 32.1. The summed E-state index contributed by atoms with van der Waals surface area (Å²) in [4.78, 5) is 14.1. The van der Waals surface area contributed by atoms with Crippen LogP contribution in [0.2, 0.25) is 0 Å². The molecule has 1 atom stereocenters. The number of ether oxygens (including phenoxy) is 1. The topological polar surface area (TPSA) is 50.3 Å². The van der Waals surface area contributed by atoms with E-state index < -0.39 is 0 Å². The van der Waals surface area contributed by atoms with Gasteiger partial charge in [0, 0.05) is 31.6 Å². The van der Waals surface area contributed by atoms with Crippen LogP contribution in [0.15, 0.2) is 6.07 Å². The van der Waals surface area contributed by atoms with Gasteiger partial charge in [-0.25, -0.2) is 4.98 Å². The van der Waals surface area contributed by atoms with Gasteiger partial charge < -0.3 is 15.0 Å². The molecule has 6 heteroatoms. The summed E-state index contributed by atoms with van der Waals surface area (Å²) in [5, 5.41) is 4.47. The highest BCUT2D eigenvalue weighted by Gasteiger charge is 2.25. The van der Waals surface area contributed by atoms with Crippen molar-refractivity contribution < 1.29 is 4.74 Å². The molecule has 114 valence electrons. The van der Waals surface area contributed by atoms with E-state index in [1.54, 1.807) is 18.4 Å². The van der Waals surface area contributed by atoms with Crippen molar-refractivity contribution in [2.24, 2.45) is 0 Å². The lowest BCUT2D eigenvalue weighted by Crippen LogP contribution is -2.23. The van der Waals surface area contributed by atoms with Crippen LogP contribution in [0.5, 0.6) is 0 Å². The third-order valence-corrected chi connectivity index (χ3v) is 4.75. The minimum atomic E-state index is 0.307. The van der Waals surface area contributed by atoms with Gasteiger partial charge in [0.2, 0.25) is 5.95 Å². The first-order chi connectivity index (χ1) is 10.2. The molecule has 1 aliphatic rings. The first kappa shape index (κ1) is 14.5. The summed E-state index contributed by atoms with van der Waals surface area (Å²) in [6, 6.07) is 2.19. The molecule has 1 unspecified atom stereocenters. The summed E-state index contributed by atoms with van der Waals surface area (Å²) in [7, 11) is 1.78. The van der Waals surface area contributed by atoms with Gasteiger partial charge in [-0.2, -0.15) is 4.98 Å². The number of rotatable bonds is 5. The van der Waals surface area contributed by atoms with Gasteiger partial charge in [-0.15, -0.1) is 11.3 Å². The molecule has 21 heavy (non-hydrogen) atoms. The second-order valence-electron chi connectivity index (χ2n) is 5.47. The van der Waals surface area contributed by atoms with Gasteiger partial charge in [0.1, 0.15) is 10.6 Å². The van der Waals surface area contributed by atoms with Crippen molar-refractivity contribution in [2.45, 2.75) is 32.8 Å². The molecule has 3 rings (SSSR count). The Bertz CT molecular complexity index is 627. The first-order valence-corrected chi connectivity index (χ1v) is 8.32. The van der Waals surface area contributed by atoms with Gasteiger partial charge in [0.15, 0.2) is 0 Å². The van der Waals surface area contributed by atoms with Crippen LogP contribution in [0, 0.1) is 6.92 Å². The van der Waals surface area contributed by atoms with Gasteiger partial charge in [0.25, 0.3) is 0 Å². The second kappa shape index (κ2) is 6.15. The molecule has 0 aromatic carbocycles. The van der Waals surface area contributed by atoms with E-state index >= 15 is 0 Å². The molecule has 0 aliphatic carbocycles. The fourth-order valence-electron chi connectivity index (χ4n) is 2.70. The first-order valence-electron chi connectivity index (χ1n) is 7.51. The van der Waals surface area contributed by atoms with Gasteiger partial charge in [-0.1, -0.05) is 6.92 Å². The number of fused-ring (bicyclic) bond motifs is 1. The van der Waals surface area contributed by atoms with Crippen LogP contribution in [-0.2, 0) is 4.74 Å². The SMILES string of the molecule is CCCNc1nc(N2CCC(OC)C2)c2cc(C)sc2n1. The summed E-state index contributed by atoms with van der Waals surface area (Å²) < 4.78 is 5.48. The summed E-state index contributed by atoms with van der Waals surface area (Å²) in [5.74, 6) is 1.78. The van der Waals surface area contributed by atoms with Crippen molar-refractivity contribution in [3.8, 4) is 0 Å². The van der Waals surface area contributed by atoms with Crippen molar-refractivity contribution in [1.29, 1.82) is 0 Å². The molecular formula is C15H22N4OS. The number of aryl methyl sites for hydroxylation is 1. The quantitative estimate of drug-likeness (QED) is 0.920. The average Bonchev–Trinajstić information content (AvgIpc) is 3.09. The monoisotopic (exact) mass is 306 g/mol. The third kappa shape index (κ3) is 2.96. The van der Waals surface area contributed by atoms with E-state index in [1.165, 1.54) is 4.88 Å². The van der Waals surface area contributed by atoms with Crippen LogP contribution >= 0.6 is 11.3 Å². The van der Waals surface area contributed by atoms with Gasteiger partial charge >= 0.3 is 0 Å². The third-order valence-electron chi connectivity index (χ3n) is 3.81. The maximum atomic E-state index is 5.48. The molecule has 2 aromatic heterocycles. The molecule has 0 radical (unpaired) electrons. The molecule has 1 N–H and O–H groups in total. The summed E-state index contributed by atoms with van der Waals surface area (Å²) in [6.45, 7) is 7.07. The van der Waals surface area contributed by atoms with Crippen LogP contribution < -0.4 is 10.2 Å². The van der Waals surface area contributed by atoms with E-state index in [9.17, 15) is 0 Å². The number of anilines is 2. The fourth-order valence-corrected chi connectivity index (χ4v) is 3.57. The van der Waals surface area contributed by atoms with Gasteiger partial charge in [-0.05, 0) is 25.8 Å². The Balaban J connectivity index is 1.98. The molecule has 2 aromatic rings. The second-order valence-corrected chi connectivity index (χ2v) is 6.70. The largest absolute Gasteiger partial charge is 0.380 e. The Labute approximate surface area is 129 Å². The smallest absolute Gasteiger partial charge is 0.226 e. The zero-order chi connectivity index (χ0) is 14.8. The number of methoxy groups -OCH3 is 1. The number of thiophene rings is 1. The summed E-state index contributed by atoms with van der Waals surface area (Å²) in [6.07, 6.45) is 2.43. The van der Waals surface area contributed by atoms with Crippen LogP contribution in [-0.4, -0.2) is 42.8 Å². The lowest BCUT2D eigenvalue weighted by Gasteiger charge is -2.19. The Morgan fingerprint density at radius 1 is 1.48 bits per heavy atom. The zero-order valence-electron chi connectivity index (χ0n) is 12.8. The van der Waals surface area contributed by atoms with Crippen molar-refractivity contribution in [1.82, 2.24) is 9.97 Å². The zero-order valence-corrected chi connectivity index (χ0v) is 13.7. The van der Waals surface area contributed by atoms with E-state index in [0.29, 0.717) is 6.10 Å². The molecule has 0 amide bonds. The molecule has 0 spiro atoms. The number of hydrogen-bond acceptors (Lipinski definition) is 6. The summed E-state index contributed by atoms with van der Waals surface area (Å²) in [5.41, 5.74) is 0. The molecule has 1 aliphatic heterocycles. The minimum Gasteiger partial charge on any atom is -0.380 e. The van der Waals surface area contributed by atoms with Crippen molar-refractivity contribution in [3.05, 3.63) is 10.9 Å². The predicted octanol–water partition coefficient (Wildman–Crippen LogP) is 3.05. The standard InChI is InChI=1S/C15H22N4OS/c1-4-6-16-15-17-13(19-7-5-11(9-19)20-3)12-8-10(2)21-14(12)18-15/h8,11H,4-7,9H2,1-3H3,(H,16,17,18). The fraction of sp³-hybridized carbons (Fsp3) is 0.600. The van der Waals surface area contributed by atoms with Crippen LogP contribution in [0.4, 0.5) is 11.8 Å². The number of hydrogen-bond donors (Lipinski definition) is 1. The van der Waals surface area contributed by atoms with Crippen molar-refractivity contribution in [3.63, 3.8) is 0 Å². The van der Waals surface area contributed by atoms with E-state index in [-0.39, 0.29) is 0 Å². The molecule has 0 bridgehead atoms. The maximum Gasteiger partial charge on any atom is 0.226 e. The number of nitrogens with zero attached hydrogens (tertiary/aromatic N) is 3. The molecule has 1 saturated heterocycles. The van der Waals surface area contributed by atoms with E-state index in [4.69, 9.17) is 9.72 Å². The normalized spacial score (nSPS) is 18.6. The predicted molar refractivity (Wildman–Crippen MR) is 88.6 cm³/mol. The van der Waals surface area contributed by atoms with Crippen molar-refractivity contribution >= 4 is 33.3 Å². The molecule has 5 nitrogen and oxygen atoms in total. The Morgan fingerprint density at radius 3 is 3.05 bits per heavy atom. The molecule has 1 fully saturated rings. The Kier molecular flexibility index (Phi) is 4.26. The van der Waals surface area contributed by atoms with E-state index in [1.807, 2.05) is 0 Å². The van der Waals surface area contributed by atoms with Crippen molar-refractivity contribution in [2.75, 3.05) is 37.0 Å². The molecular weight excluding hydrogens is 284 g/mol. The Hall–Kier alpha value is -1.40. The highest BCUT2D eigenvalue weighted by Crippen LogP contribution is 2.33. The molecule has 0 saturated carbocycles. The van der Waals surface area contributed by atoms with E-state index in [2.05, 4.69) is 35.1 Å². The van der Waals surface area contributed by atoms with Crippen LogP contribution in [0.25, 0.3) is 10.2 Å². The van der Waals surface area contributed by atoms with Gasteiger partial charge in [-0.3, -0.25) is 0 Å². The summed E-state index contributed by atoms with van der Waals surface area (Å²) >= 11 is 1.73. The maximum absolute atomic E-state index is 5.48. The lowest BCUT2D eigenvalue weighted by molar-refractivity contribution is 0.121.